The SMILES string of the molecule is CC(=O)O[C@@H]1[C@@H](OC(C)=O)[C@@H]2O[C@H](COCCOCCOc3ccccc3OCCOCCOC[C@H]3O[C@@](COCc4ccccc4)(O2)[C@@H](OC(C)=O)[C@@H]3OC(C)=O)[C@H]1OC(C)=O. The molecule has 0 N–H and O–H groups in total. The van der Waals surface area contributed by atoms with Crippen LogP contribution in [0.25, 0.3) is 0 Å². The minimum absolute atomic E-state index is 0.00228. The Balaban J connectivity index is 1.53. The van der Waals surface area contributed by atoms with Crippen LogP contribution in [0.2, 0.25) is 0 Å². The number of rotatable bonds is 9. The fourth-order valence-corrected chi connectivity index (χ4v) is 6.99. The van der Waals surface area contributed by atoms with Gasteiger partial charge in [0.15, 0.2) is 42.0 Å². The van der Waals surface area contributed by atoms with E-state index in [2.05, 4.69) is 0 Å². The van der Waals surface area contributed by atoms with Gasteiger partial charge in [-0.3, -0.25) is 24.0 Å². The molecule has 2 aromatic rings. The molecule has 0 aromatic heterocycles. The fraction of sp³-hybridized carbons (Fsp3) is 0.605. The molecule has 3 aliphatic heterocycles. The molecule has 5 rings (SSSR count). The van der Waals surface area contributed by atoms with Gasteiger partial charge in [0.05, 0.1) is 59.5 Å². The summed E-state index contributed by atoms with van der Waals surface area (Å²) in [7, 11) is 0. The molecule has 0 unspecified atom stereocenters. The molecule has 63 heavy (non-hydrogen) atoms. The lowest BCUT2D eigenvalue weighted by Crippen LogP contribution is -2.65. The van der Waals surface area contributed by atoms with Gasteiger partial charge < -0.3 is 71.1 Å². The van der Waals surface area contributed by atoms with Crippen LogP contribution in [0.5, 0.6) is 11.5 Å². The number of ether oxygens (including phenoxy) is 15. The van der Waals surface area contributed by atoms with Crippen molar-refractivity contribution in [1.29, 1.82) is 0 Å². The zero-order valence-electron chi connectivity index (χ0n) is 36.0. The van der Waals surface area contributed by atoms with Crippen LogP contribution in [-0.4, -0.2) is 157 Å². The molecule has 0 saturated carbocycles. The van der Waals surface area contributed by atoms with Crippen LogP contribution in [0.4, 0.5) is 0 Å². The minimum Gasteiger partial charge on any atom is -0.487 e. The van der Waals surface area contributed by atoms with E-state index in [0.717, 1.165) is 40.2 Å². The summed E-state index contributed by atoms with van der Waals surface area (Å²) in [6.45, 7) is 5.69. The highest BCUT2D eigenvalue weighted by Gasteiger charge is 2.64. The van der Waals surface area contributed by atoms with Gasteiger partial charge in [0.25, 0.3) is 0 Å². The average Bonchev–Trinajstić information content (AvgIpc) is 3.48. The van der Waals surface area contributed by atoms with E-state index in [1.54, 1.807) is 12.1 Å². The zero-order chi connectivity index (χ0) is 45.2. The second-order valence-corrected chi connectivity index (χ2v) is 14.5. The molecule has 2 fully saturated rings. The topological polar surface area (TPSA) is 224 Å². The molecule has 2 aromatic carbocycles. The van der Waals surface area contributed by atoms with Crippen LogP contribution < -0.4 is 9.47 Å². The first-order valence-electron chi connectivity index (χ1n) is 20.5. The first-order chi connectivity index (χ1) is 30.3. The highest BCUT2D eigenvalue weighted by Crippen LogP contribution is 2.41. The molecule has 2 saturated heterocycles. The number of fused-ring (bicyclic) bond motifs is 5. The lowest BCUT2D eigenvalue weighted by Gasteiger charge is -2.46. The summed E-state index contributed by atoms with van der Waals surface area (Å²) in [5.41, 5.74) is 0.752. The quantitative estimate of drug-likeness (QED) is 0.260. The summed E-state index contributed by atoms with van der Waals surface area (Å²) in [4.78, 5) is 63.5. The van der Waals surface area contributed by atoms with Gasteiger partial charge in [-0.15, -0.1) is 0 Å². The van der Waals surface area contributed by atoms with Gasteiger partial charge in [-0.05, 0) is 17.7 Å². The number of benzene rings is 2. The summed E-state index contributed by atoms with van der Waals surface area (Å²) >= 11 is 0. The maximum Gasteiger partial charge on any atom is 0.303 e. The monoisotopic (exact) mass is 892 g/mol. The summed E-state index contributed by atoms with van der Waals surface area (Å²) in [6.07, 6.45) is -11.8. The predicted octanol–water partition coefficient (Wildman–Crippen LogP) is 2.24. The Morgan fingerprint density at radius 2 is 1.00 bits per heavy atom. The van der Waals surface area contributed by atoms with Crippen molar-refractivity contribution in [3.8, 4) is 11.5 Å². The van der Waals surface area contributed by atoms with Crippen molar-refractivity contribution < 1.29 is 95.0 Å². The van der Waals surface area contributed by atoms with Crippen molar-refractivity contribution in [2.45, 2.75) is 96.0 Å². The van der Waals surface area contributed by atoms with Gasteiger partial charge in [-0.2, -0.15) is 0 Å². The summed E-state index contributed by atoms with van der Waals surface area (Å²) in [5, 5.41) is 0. The second kappa shape index (κ2) is 24.8. The number of para-hydroxylation sites is 2. The molecule has 4 bridgehead atoms. The number of hydrogen-bond acceptors (Lipinski definition) is 20. The van der Waals surface area contributed by atoms with Crippen molar-refractivity contribution in [3.63, 3.8) is 0 Å². The predicted molar refractivity (Wildman–Crippen MR) is 212 cm³/mol. The molecule has 348 valence electrons. The Morgan fingerprint density at radius 3 is 1.57 bits per heavy atom. The Morgan fingerprint density at radius 1 is 0.524 bits per heavy atom. The highest BCUT2D eigenvalue weighted by atomic mass is 16.8. The standard InChI is InChI=1S/C43H56O20/c1-27(44)56-37-35-24-51-17-15-49-19-21-54-33-13-9-10-14-34(33)55-22-20-50-16-18-52-25-36-38(57-28(2)45)41(60-31(5)48)43(62-36,26-53-23-32-11-7-6-8-12-32)63-42(61-35)40(59-30(4)47)39(37)58-29(3)46/h6-14,35-42H,15-26H2,1-5H3/t35-,36-,37-,38-,39+,40-,41+,42-,43+/m1/s1. The number of hydrogen-bond donors (Lipinski definition) is 0. The fourth-order valence-electron chi connectivity index (χ4n) is 6.99. The second-order valence-electron chi connectivity index (χ2n) is 14.5. The van der Waals surface area contributed by atoms with E-state index in [-0.39, 0.29) is 72.7 Å². The maximum atomic E-state index is 12.9. The summed E-state index contributed by atoms with van der Waals surface area (Å²) < 4.78 is 89.6. The van der Waals surface area contributed by atoms with E-state index < -0.39 is 91.3 Å². The third-order valence-electron chi connectivity index (χ3n) is 9.40. The molecule has 9 atom stereocenters. The van der Waals surface area contributed by atoms with E-state index >= 15 is 0 Å². The van der Waals surface area contributed by atoms with Gasteiger partial charge in [-0.25, -0.2) is 0 Å². The molecule has 20 nitrogen and oxygen atoms in total. The first kappa shape index (κ1) is 49.1. The molecular weight excluding hydrogens is 836 g/mol. The summed E-state index contributed by atoms with van der Waals surface area (Å²) in [5.74, 6) is -5.24. The maximum absolute atomic E-state index is 12.9. The molecule has 0 spiro atoms. The normalized spacial score (nSPS) is 28.8. The van der Waals surface area contributed by atoms with Crippen LogP contribution >= 0.6 is 0 Å². The molecule has 0 amide bonds. The van der Waals surface area contributed by atoms with E-state index in [1.165, 1.54) is 0 Å². The van der Waals surface area contributed by atoms with Crippen molar-refractivity contribution in [2.75, 3.05) is 72.7 Å². The lowest BCUT2D eigenvalue weighted by atomic mass is 9.97. The van der Waals surface area contributed by atoms with Gasteiger partial charge >= 0.3 is 29.8 Å². The Labute approximate surface area is 364 Å². The molecule has 20 heteroatoms. The first-order valence-corrected chi connectivity index (χ1v) is 20.5. The Bertz CT molecular complexity index is 1780. The number of carbonyl (C=O) groups excluding carboxylic acids is 5. The van der Waals surface area contributed by atoms with Crippen LogP contribution in [0, 0.1) is 0 Å². The van der Waals surface area contributed by atoms with Crippen LogP contribution in [-0.2, 0) is 92.2 Å². The third kappa shape index (κ3) is 15.1. The van der Waals surface area contributed by atoms with Crippen LogP contribution in [0.3, 0.4) is 0 Å². The highest BCUT2D eigenvalue weighted by molar-refractivity contribution is 5.69. The van der Waals surface area contributed by atoms with E-state index in [1.807, 2.05) is 42.5 Å². The Hall–Kier alpha value is -4.93. The molecule has 0 radical (unpaired) electrons. The van der Waals surface area contributed by atoms with Gasteiger partial charge in [0, 0.05) is 34.6 Å². The van der Waals surface area contributed by atoms with Gasteiger partial charge in [0.1, 0.15) is 32.0 Å². The molecule has 3 aliphatic rings. The third-order valence-corrected chi connectivity index (χ3v) is 9.40. The average molecular weight is 893 g/mol. The largest absolute Gasteiger partial charge is 0.487 e. The summed E-state index contributed by atoms with van der Waals surface area (Å²) in [6, 6.07) is 16.2. The van der Waals surface area contributed by atoms with Gasteiger partial charge in [-0.1, -0.05) is 42.5 Å². The lowest BCUT2D eigenvalue weighted by molar-refractivity contribution is -0.387. The van der Waals surface area contributed by atoms with E-state index in [4.69, 9.17) is 71.1 Å². The minimum atomic E-state index is -2.22. The smallest absolute Gasteiger partial charge is 0.303 e. The van der Waals surface area contributed by atoms with Crippen molar-refractivity contribution in [2.24, 2.45) is 0 Å². The molecule has 0 aliphatic carbocycles. The van der Waals surface area contributed by atoms with E-state index in [0.29, 0.717) is 11.5 Å². The van der Waals surface area contributed by atoms with Gasteiger partial charge in [0.2, 0.25) is 12.1 Å². The van der Waals surface area contributed by atoms with Crippen LogP contribution in [0.1, 0.15) is 40.2 Å². The number of esters is 5. The van der Waals surface area contributed by atoms with Crippen molar-refractivity contribution in [1.82, 2.24) is 0 Å². The van der Waals surface area contributed by atoms with Crippen molar-refractivity contribution >= 4 is 29.8 Å². The molecular formula is C43H56O20. The van der Waals surface area contributed by atoms with Crippen molar-refractivity contribution in [3.05, 3.63) is 60.2 Å². The van der Waals surface area contributed by atoms with E-state index in [9.17, 15) is 24.0 Å². The zero-order valence-corrected chi connectivity index (χ0v) is 36.0. The van der Waals surface area contributed by atoms with Crippen LogP contribution in [0.15, 0.2) is 54.6 Å². The number of carbonyl (C=O) groups is 5. The Kier molecular flexibility index (Phi) is 19.3. The molecule has 3 heterocycles.